The molecule has 6 rings (SSSR count). The Morgan fingerprint density at radius 1 is 0.596 bits per heavy atom. The van der Waals surface area contributed by atoms with Gasteiger partial charge in [0, 0.05) is 12.0 Å². The van der Waals surface area contributed by atoms with Gasteiger partial charge in [0.2, 0.25) is 0 Å². The fraction of sp³-hybridized carbons (Fsp3) is 0.250. The predicted molar refractivity (Wildman–Crippen MR) is 166 cm³/mol. The number of carbonyl (C=O) groups excluding carboxylic acids is 3. The van der Waals surface area contributed by atoms with E-state index in [4.69, 9.17) is 37.9 Å². The van der Waals surface area contributed by atoms with Gasteiger partial charge in [0.05, 0.1) is 44.1 Å². The number of fused-ring (bicyclic) bond motifs is 1. The zero-order valence-corrected chi connectivity index (χ0v) is 25.7. The molecule has 242 valence electrons. The van der Waals surface area contributed by atoms with Crippen LogP contribution in [0.25, 0.3) is 0 Å². The van der Waals surface area contributed by atoms with Gasteiger partial charge < -0.3 is 37.9 Å². The van der Waals surface area contributed by atoms with Crippen molar-refractivity contribution in [1.29, 1.82) is 0 Å². The van der Waals surface area contributed by atoms with E-state index in [2.05, 4.69) is 0 Å². The Morgan fingerprint density at radius 2 is 1.06 bits per heavy atom. The maximum Gasteiger partial charge on any atom is 0.343 e. The van der Waals surface area contributed by atoms with Crippen LogP contribution >= 0.6 is 0 Å². The summed E-state index contributed by atoms with van der Waals surface area (Å²) in [6, 6.07) is 26.1. The number of benzene rings is 4. The largest absolute Gasteiger partial charge is 0.497 e. The van der Waals surface area contributed by atoms with Gasteiger partial charge in [-0.15, -0.1) is 0 Å². The zero-order chi connectivity index (χ0) is 32.8. The van der Waals surface area contributed by atoms with Crippen molar-refractivity contribution in [3.63, 3.8) is 0 Å². The number of ether oxygens (including phenoxy) is 8. The van der Waals surface area contributed by atoms with Gasteiger partial charge in [-0.1, -0.05) is 12.1 Å². The lowest BCUT2D eigenvalue weighted by atomic mass is 10.0. The highest BCUT2D eigenvalue weighted by Gasteiger charge is 2.43. The van der Waals surface area contributed by atoms with E-state index in [-0.39, 0.29) is 12.4 Å². The summed E-state index contributed by atoms with van der Waals surface area (Å²) < 4.78 is 45.0. The summed E-state index contributed by atoms with van der Waals surface area (Å²) >= 11 is 0. The molecule has 0 N–H and O–H groups in total. The standard InChI is InChI=1S/C36H32O11/c1-40-26-11-3-22(4-12-26)33(37)44-28-15-7-24(8-16-28)35(39)46-30-19-20-42-31-21-43-36(47-32(30)31)25-9-17-29(18-10-25)45-34(38)23-5-13-27(41-2)14-6-23/h3-18,30-32,36H,19-21H2,1-2H3. The van der Waals surface area contributed by atoms with Gasteiger partial charge in [-0.3, -0.25) is 0 Å². The van der Waals surface area contributed by atoms with E-state index < -0.39 is 42.5 Å². The summed E-state index contributed by atoms with van der Waals surface area (Å²) in [4.78, 5) is 38.1. The van der Waals surface area contributed by atoms with E-state index in [0.717, 1.165) is 0 Å². The third-order valence-corrected chi connectivity index (χ3v) is 7.73. The van der Waals surface area contributed by atoms with Crippen molar-refractivity contribution in [2.24, 2.45) is 0 Å². The lowest BCUT2D eigenvalue weighted by Crippen LogP contribution is -2.53. The summed E-state index contributed by atoms with van der Waals surface area (Å²) in [6.07, 6.45) is -1.86. The van der Waals surface area contributed by atoms with Crippen LogP contribution in [0.15, 0.2) is 97.1 Å². The molecule has 4 unspecified atom stereocenters. The highest BCUT2D eigenvalue weighted by Crippen LogP contribution is 2.34. The Labute approximate surface area is 270 Å². The van der Waals surface area contributed by atoms with Crippen molar-refractivity contribution in [2.45, 2.75) is 31.0 Å². The molecule has 2 heterocycles. The van der Waals surface area contributed by atoms with Crippen LogP contribution in [0.3, 0.4) is 0 Å². The molecule has 11 nitrogen and oxygen atoms in total. The third-order valence-electron chi connectivity index (χ3n) is 7.73. The molecule has 2 aliphatic heterocycles. The second kappa shape index (κ2) is 14.5. The fourth-order valence-electron chi connectivity index (χ4n) is 5.16. The van der Waals surface area contributed by atoms with Gasteiger partial charge in [0.25, 0.3) is 0 Å². The van der Waals surface area contributed by atoms with E-state index in [1.165, 1.54) is 24.3 Å². The van der Waals surface area contributed by atoms with Crippen LogP contribution in [-0.2, 0) is 18.9 Å². The first-order valence-electron chi connectivity index (χ1n) is 14.9. The molecule has 4 aromatic carbocycles. The summed E-state index contributed by atoms with van der Waals surface area (Å²) in [6.45, 7) is 0.622. The zero-order valence-electron chi connectivity index (χ0n) is 25.7. The van der Waals surface area contributed by atoms with Crippen LogP contribution < -0.4 is 18.9 Å². The fourth-order valence-corrected chi connectivity index (χ4v) is 5.16. The van der Waals surface area contributed by atoms with Crippen LogP contribution in [0.1, 0.15) is 49.3 Å². The molecule has 0 aromatic heterocycles. The highest BCUT2D eigenvalue weighted by atomic mass is 16.7. The first-order chi connectivity index (χ1) is 22.9. The van der Waals surface area contributed by atoms with Crippen molar-refractivity contribution >= 4 is 17.9 Å². The Kier molecular flexibility index (Phi) is 9.77. The highest BCUT2D eigenvalue weighted by molar-refractivity contribution is 5.92. The van der Waals surface area contributed by atoms with Gasteiger partial charge >= 0.3 is 17.9 Å². The number of hydrogen-bond donors (Lipinski definition) is 0. The minimum absolute atomic E-state index is 0.242. The quantitative estimate of drug-likeness (QED) is 0.168. The van der Waals surface area contributed by atoms with Crippen LogP contribution in [0.5, 0.6) is 23.0 Å². The van der Waals surface area contributed by atoms with E-state index in [1.54, 1.807) is 87.0 Å². The first kappa shape index (κ1) is 31.7. The van der Waals surface area contributed by atoms with Crippen LogP contribution in [0, 0.1) is 0 Å². The molecule has 2 aliphatic rings. The normalized spacial score (nSPS) is 20.3. The number of methoxy groups -OCH3 is 2. The first-order valence-corrected chi connectivity index (χ1v) is 14.9. The molecule has 47 heavy (non-hydrogen) atoms. The summed E-state index contributed by atoms with van der Waals surface area (Å²) in [5, 5.41) is 0. The molecule has 0 amide bonds. The molecule has 0 spiro atoms. The van der Waals surface area contributed by atoms with Crippen molar-refractivity contribution in [3.8, 4) is 23.0 Å². The Morgan fingerprint density at radius 3 is 1.57 bits per heavy atom. The predicted octanol–water partition coefficient (Wildman–Crippen LogP) is 5.57. The Balaban J connectivity index is 1.04. The molecule has 0 radical (unpaired) electrons. The van der Waals surface area contributed by atoms with Gasteiger partial charge in [-0.25, -0.2) is 14.4 Å². The van der Waals surface area contributed by atoms with Crippen LogP contribution in [-0.4, -0.2) is 63.7 Å². The average molecular weight is 641 g/mol. The van der Waals surface area contributed by atoms with Crippen molar-refractivity contribution in [3.05, 3.63) is 119 Å². The van der Waals surface area contributed by atoms with Gasteiger partial charge in [0.15, 0.2) is 6.29 Å². The summed E-state index contributed by atoms with van der Waals surface area (Å²) in [5.74, 6) is 0.331. The van der Waals surface area contributed by atoms with Crippen molar-refractivity contribution < 1.29 is 52.3 Å². The van der Waals surface area contributed by atoms with E-state index in [0.29, 0.717) is 52.5 Å². The monoisotopic (exact) mass is 640 g/mol. The second-order valence-electron chi connectivity index (χ2n) is 10.7. The maximum atomic E-state index is 13.1. The molecule has 4 aromatic rings. The second-order valence-corrected chi connectivity index (χ2v) is 10.7. The minimum Gasteiger partial charge on any atom is -0.497 e. The molecule has 0 aliphatic carbocycles. The molecule has 11 heteroatoms. The number of carbonyl (C=O) groups is 3. The lowest BCUT2D eigenvalue weighted by Gasteiger charge is -2.42. The smallest absolute Gasteiger partial charge is 0.343 e. The van der Waals surface area contributed by atoms with E-state index in [9.17, 15) is 14.4 Å². The molecular weight excluding hydrogens is 608 g/mol. The van der Waals surface area contributed by atoms with E-state index >= 15 is 0 Å². The van der Waals surface area contributed by atoms with Crippen LogP contribution in [0.4, 0.5) is 0 Å². The average Bonchev–Trinajstić information content (AvgIpc) is 3.12. The number of rotatable bonds is 9. The van der Waals surface area contributed by atoms with Gasteiger partial charge in [-0.2, -0.15) is 0 Å². The molecule has 4 atom stereocenters. The van der Waals surface area contributed by atoms with Gasteiger partial charge in [0.1, 0.15) is 41.3 Å². The van der Waals surface area contributed by atoms with Crippen molar-refractivity contribution in [1.82, 2.24) is 0 Å². The summed E-state index contributed by atoms with van der Waals surface area (Å²) in [5.41, 5.74) is 1.74. The summed E-state index contributed by atoms with van der Waals surface area (Å²) in [7, 11) is 3.10. The SMILES string of the molecule is COc1ccc(C(=O)Oc2ccc(C(=O)OC3CCOC4COC(c5ccc(OC(=O)c6ccc(OC)cc6)cc5)OC43)cc2)cc1. The molecule has 2 fully saturated rings. The number of hydrogen-bond acceptors (Lipinski definition) is 11. The van der Waals surface area contributed by atoms with Gasteiger partial charge in [-0.05, 0) is 84.9 Å². The molecule has 0 bridgehead atoms. The maximum absolute atomic E-state index is 13.1. The third kappa shape index (κ3) is 7.60. The minimum atomic E-state index is -0.745. The Bertz CT molecular complexity index is 1680. The van der Waals surface area contributed by atoms with E-state index in [1.807, 2.05) is 0 Å². The molecule has 2 saturated heterocycles. The lowest BCUT2D eigenvalue weighted by molar-refractivity contribution is -0.298. The molecule has 0 saturated carbocycles. The topological polar surface area (TPSA) is 125 Å². The Hall–Kier alpha value is -5.23. The van der Waals surface area contributed by atoms with Crippen molar-refractivity contribution in [2.75, 3.05) is 27.4 Å². The molecular formula is C36H32O11. The van der Waals surface area contributed by atoms with Crippen LogP contribution in [0.2, 0.25) is 0 Å². The number of esters is 3.